The van der Waals surface area contributed by atoms with Gasteiger partial charge < -0.3 is 9.88 Å². The molecule has 0 spiro atoms. The Morgan fingerprint density at radius 3 is 2.96 bits per heavy atom. The Hall–Kier alpha value is -2.07. The number of carbonyl (C=O) groups is 1. The minimum absolute atomic E-state index is 0.186. The lowest BCUT2D eigenvalue weighted by molar-refractivity contribution is 0.00134. The normalized spacial score (nSPS) is 32.6. The van der Waals surface area contributed by atoms with Crippen LogP contribution >= 0.6 is 0 Å². The SMILES string of the molecule is O=C(c1cc2ccccc2[nH]1)N1CCCC2=CC3CC(CN4CCCCC34)C21. The number of fused-ring (bicyclic) bond motifs is 7. The molecule has 1 aliphatic carbocycles. The van der Waals surface area contributed by atoms with Gasteiger partial charge in [0.2, 0.25) is 0 Å². The lowest BCUT2D eigenvalue weighted by Crippen LogP contribution is -2.60. The van der Waals surface area contributed by atoms with Gasteiger partial charge in [-0.25, -0.2) is 0 Å². The fraction of sp³-hybridized carbons (Fsp3) is 0.542. The number of aromatic amines is 1. The quantitative estimate of drug-likeness (QED) is 0.759. The van der Waals surface area contributed by atoms with E-state index < -0.39 is 0 Å². The van der Waals surface area contributed by atoms with Gasteiger partial charge in [0.15, 0.2) is 0 Å². The summed E-state index contributed by atoms with van der Waals surface area (Å²) in [4.78, 5) is 21.8. The molecule has 4 unspecified atom stereocenters. The number of nitrogens with zero attached hydrogens (tertiary/aromatic N) is 2. The van der Waals surface area contributed by atoms with E-state index in [1.807, 2.05) is 18.2 Å². The lowest BCUT2D eigenvalue weighted by atomic mass is 9.68. The number of aromatic nitrogens is 1. The summed E-state index contributed by atoms with van der Waals surface area (Å²) in [5.41, 5.74) is 3.36. The van der Waals surface area contributed by atoms with Crippen molar-refractivity contribution in [3.05, 3.63) is 47.7 Å². The lowest BCUT2D eigenvalue weighted by Gasteiger charge is -2.54. The van der Waals surface area contributed by atoms with E-state index in [0.29, 0.717) is 17.9 Å². The molecule has 1 aromatic carbocycles. The fourth-order valence-electron chi connectivity index (χ4n) is 6.54. The van der Waals surface area contributed by atoms with Crippen LogP contribution in [0.4, 0.5) is 0 Å². The summed E-state index contributed by atoms with van der Waals surface area (Å²) in [5, 5.41) is 1.12. The van der Waals surface area contributed by atoms with Crippen LogP contribution in [-0.2, 0) is 0 Å². The molecule has 28 heavy (non-hydrogen) atoms. The van der Waals surface area contributed by atoms with Crippen molar-refractivity contribution in [2.24, 2.45) is 11.8 Å². The number of hydrogen-bond acceptors (Lipinski definition) is 2. The second kappa shape index (κ2) is 6.48. The number of nitrogens with one attached hydrogen (secondary N) is 1. The molecule has 4 heterocycles. The van der Waals surface area contributed by atoms with Crippen molar-refractivity contribution in [2.75, 3.05) is 19.6 Å². The van der Waals surface area contributed by atoms with Crippen molar-refractivity contribution in [3.63, 3.8) is 0 Å². The van der Waals surface area contributed by atoms with Crippen molar-refractivity contribution in [1.29, 1.82) is 0 Å². The molecule has 3 fully saturated rings. The zero-order valence-corrected chi connectivity index (χ0v) is 16.4. The van der Waals surface area contributed by atoms with Gasteiger partial charge in [-0.3, -0.25) is 9.69 Å². The second-order valence-corrected chi connectivity index (χ2v) is 9.28. The zero-order valence-electron chi connectivity index (χ0n) is 16.4. The van der Waals surface area contributed by atoms with Crippen LogP contribution in [0.1, 0.15) is 49.0 Å². The molecule has 2 aromatic rings. The van der Waals surface area contributed by atoms with Gasteiger partial charge in [0.1, 0.15) is 5.69 Å². The van der Waals surface area contributed by atoms with Gasteiger partial charge in [0, 0.05) is 30.0 Å². The fourth-order valence-corrected chi connectivity index (χ4v) is 6.54. The van der Waals surface area contributed by atoms with Crippen LogP contribution in [0.3, 0.4) is 0 Å². The zero-order chi connectivity index (χ0) is 18.7. The monoisotopic (exact) mass is 375 g/mol. The highest BCUT2D eigenvalue weighted by Crippen LogP contribution is 2.45. The van der Waals surface area contributed by atoms with E-state index in [4.69, 9.17) is 0 Å². The average Bonchev–Trinajstić information content (AvgIpc) is 3.17. The highest BCUT2D eigenvalue weighted by atomic mass is 16.2. The van der Waals surface area contributed by atoms with Crippen LogP contribution in [0.2, 0.25) is 0 Å². The molecule has 146 valence electrons. The van der Waals surface area contributed by atoms with E-state index in [9.17, 15) is 4.79 Å². The van der Waals surface area contributed by atoms with Gasteiger partial charge in [-0.05, 0) is 62.6 Å². The molecule has 1 aromatic heterocycles. The van der Waals surface area contributed by atoms with E-state index in [2.05, 4.69) is 33.0 Å². The first-order chi connectivity index (χ1) is 13.8. The summed E-state index contributed by atoms with van der Waals surface area (Å²) in [7, 11) is 0. The Morgan fingerprint density at radius 1 is 1.11 bits per heavy atom. The van der Waals surface area contributed by atoms with Crippen LogP contribution in [0.15, 0.2) is 42.0 Å². The predicted molar refractivity (Wildman–Crippen MR) is 111 cm³/mol. The third kappa shape index (κ3) is 2.57. The third-order valence-corrected chi connectivity index (χ3v) is 7.68. The number of hydrogen-bond donors (Lipinski definition) is 1. The highest BCUT2D eigenvalue weighted by Gasteiger charge is 2.47. The van der Waals surface area contributed by atoms with Crippen molar-refractivity contribution in [1.82, 2.24) is 14.8 Å². The number of H-pyrrole nitrogens is 1. The number of piperidine rings is 3. The molecule has 4 aliphatic rings. The Bertz CT molecular complexity index is 911. The molecule has 4 atom stereocenters. The maximum absolute atomic E-state index is 13.5. The highest BCUT2D eigenvalue weighted by molar-refractivity contribution is 5.98. The topological polar surface area (TPSA) is 39.3 Å². The Balaban J connectivity index is 1.34. The molecule has 1 N–H and O–H groups in total. The van der Waals surface area contributed by atoms with Crippen molar-refractivity contribution in [3.8, 4) is 0 Å². The number of benzene rings is 1. The number of likely N-dealkylation sites (tertiary alicyclic amines) is 1. The summed E-state index contributed by atoms with van der Waals surface area (Å²) >= 11 is 0. The van der Waals surface area contributed by atoms with Crippen molar-refractivity contribution < 1.29 is 4.79 Å². The summed E-state index contributed by atoms with van der Waals surface area (Å²) in [6.45, 7) is 3.32. The molecule has 4 heteroatoms. The smallest absolute Gasteiger partial charge is 0.270 e. The standard InChI is InChI=1S/C24H29N3O/c28-24(21-14-16-6-1-2-8-20(16)25-21)27-11-5-7-17-12-18-13-19(23(17)27)15-26-10-4-3-9-22(18)26/h1-2,6,8,12,14,18-19,22-23,25H,3-5,7,9-11,13,15H2. The number of para-hydroxylation sites is 1. The molecule has 0 radical (unpaired) electrons. The maximum atomic E-state index is 13.5. The van der Waals surface area contributed by atoms with E-state index in [1.165, 1.54) is 45.2 Å². The maximum Gasteiger partial charge on any atom is 0.270 e. The van der Waals surface area contributed by atoms with Crippen LogP contribution in [0, 0.1) is 11.8 Å². The summed E-state index contributed by atoms with van der Waals surface area (Å²) in [5.74, 6) is 1.51. The summed E-state index contributed by atoms with van der Waals surface area (Å²) in [6.07, 6.45) is 10.2. The number of carbonyl (C=O) groups excluding carboxylic acids is 1. The van der Waals surface area contributed by atoms with Gasteiger partial charge in [-0.1, -0.05) is 36.3 Å². The van der Waals surface area contributed by atoms with Gasteiger partial charge in [0.25, 0.3) is 5.91 Å². The Kier molecular flexibility index (Phi) is 3.90. The number of rotatable bonds is 1. The summed E-state index contributed by atoms with van der Waals surface area (Å²) < 4.78 is 0. The molecule has 3 aliphatic heterocycles. The first kappa shape index (κ1) is 16.8. The van der Waals surface area contributed by atoms with E-state index in [1.54, 1.807) is 5.57 Å². The van der Waals surface area contributed by atoms with Gasteiger partial charge >= 0.3 is 0 Å². The minimum atomic E-state index is 0.186. The molecule has 3 saturated heterocycles. The first-order valence-electron chi connectivity index (χ1n) is 11.1. The molecular formula is C24H29N3O. The molecular weight excluding hydrogens is 346 g/mol. The molecule has 6 rings (SSSR count). The minimum Gasteiger partial charge on any atom is -0.351 e. The van der Waals surface area contributed by atoms with Crippen molar-refractivity contribution in [2.45, 2.75) is 50.6 Å². The molecule has 2 bridgehead atoms. The predicted octanol–water partition coefficient (Wildman–Crippen LogP) is 4.20. The first-order valence-corrected chi connectivity index (χ1v) is 11.1. The van der Waals surface area contributed by atoms with Crippen LogP contribution in [0.25, 0.3) is 10.9 Å². The third-order valence-electron chi connectivity index (χ3n) is 7.68. The Labute approximate surface area is 166 Å². The van der Waals surface area contributed by atoms with Gasteiger partial charge in [-0.15, -0.1) is 0 Å². The molecule has 1 amide bonds. The largest absolute Gasteiger partial charge is 0.351 e. The second-order valence-electron chi connectivity index (χ2n) is 9.28. The average molecular weight is 376 g/mol. The number of amides is 1. The molecule has 0 saturated carbocycles. The van der Waals surface area contributed by atoms with Gasteiger partial charge in [0.05, 0.1) is 6.04 Å². The van der Waals surface area contributed by atoms with Crippen molar-refractivity contribution >= 4 is 16.8 Å². The van der Waals surface area contributed by atoms with Crippen LogP contribution in [-0.4, -0.2) is 52.4 Å². The molecule has 4 nitrogen and oxygen atoms in total. The van der Waals surface area contributed by atoms with Gasteiger partial charge in [-0.2, -0.15) is 0 Å². The Morgan fingerprint density at radius 2 is 2.04 bits per heavy atom. The van der Waals surface area contributed by atoms with E-state index in [0.717, 1.165) is 35.6 Å². The van der Waals surface area contributed by atoms with Crippen LogP contribution < -0.4 is 0 Å². The van der Waals surface area contributed by atoms with E-state index in [-0.39, 0.29) is 5.91 Å². The van der Waals surface area contributed by atoms with Crippen LogP contribution in [0.5, 0.6) is 0 Å². The summed E-state index contributed by atoms with van der Waals surface area (Å²) in [6, 6.07) is 11.3. The van der Waals surface area contributed by atoms with E-state index >= 15 is 0 Å².